The van der Waals surface area contributed by atoms with E-state index in [9.17, 15) is 0 Å². The normalized spacial score (nSPS) is 10.9. The van der Waals surface area contributed by atoms with Crippen molar-refractivity contribution in [1.82, 2.24) is 4.98 Å². The molecule has 2 aromatic heterocycles. The number of aromatic amines is 1. The fraction of sp³-hybridized carbons (Fsp3) is 0.200. The summed E-state index contributed by atoms with van der Waals surface area (Å²) in [7, 11) is 2.06. The summed E-state index contributed by atoms with van der Waals surface area (Å²) in [5.74, 6) is -1.08. The Bertz CT molecular complexity index is 1130. The quantitative estimate of drug-likeness (QED) is 0.492. The maximum atomic E-state index is 8.89. The Hall–Kier alpha value is -2.59. The minimum absolute atomic E-state index is 0.777. The molecule has 0 unspecified atom stereocenters. The molecular weight excluding hydrogens is 336 g/mol. The van der Waals surface area contributed by atoms with E-state index in [0.717, 1.165) is 17.5 Å². The number of carboxylic acid groups (broad SMARTS) is 1. The van der Waals surface area contributed by atoms with E-state index in [0.29, 0.717) is 0 Å². The molecule has 4 nitrogen and oxygen atoms in total. The topological polar surface area (TPSA) is 59.8 Å². The number of H-pyrrole nitrogens is 1. The second kappa shape index (κ2) is 6.37. The van der Waals surface area contributed by atoms with E-state index in [2.05, 4.69) is 61.0 Å². The molecule has 0 saturated heterocycles. The number of hydrogen-bond acceptors (Lipinski definition) is 2. The average molecular weight is 355 g/mol. The first-order chi connectivity index (χ1) is 11.8. The lowest BCUT2D eigenvalue weighted by atomic mass is 9.97. The minimum Gasteiger partial charge on any atom is -0.550 e. The van der Waals surface area contributed by atoms with Crippen molar-refractivity contribution in [3.05, 3.63) is 52.8 Å². The molecule has 0 atom stereocenters. The predicted octanol–water partition coefficient (Wildman–Crippen LogP) is 3.33. The van der Waals surface area contributed by atoms with Gasteiger partial charge in [0, 0.05) is 38.7 Å². The van der Waals surface area contributed by atoms with Gasteiger partial charge in [0.25, 0.3) is 0 Å². The highest BCUT2D eigenvalue weighted by atomic mass is 35.5. The Kier molecular flexibility index (Phi) is 4.39. The molecule has 0 aliphatic carbocycles. The smallest absolute Gasteiger partial charge is 0.176 e. The van der Waals surface area contributed by atoms with E-state index >= 15 is 0 Å². The first-order valence-corrected chi connectivity index (χ1v) is 8.34. The van der Waals surface area contributed by atoms with Crippen molar-refractivity contribution in [2.45, 2.75) is 20.8 Å². The Labute approximate surface area is 150 Å². The van der Waals surface area contributed by atoms with Crippen molar-refractivity contribution in [2.75, 3.05) is 0 Å². The number of nitrogens with one attached hydrogen (secondary N) is 1. The van der Waals surface area contributed by atoms with Gasteiger partial charge in [-0.05, 0) is 55.5 Å². The molecule has 0 aliphatic heterocycles. The number of carbonyl (C=O) groups excluding carboxylic acids is 1. The van der Waals surface area contributed by atoms with Gasteiger partial charge in [-0.15, -0.1) is 0 Å². The van der Waals surface area contributed by atoms with Gasteiger partial charge in [-0.2, -0.15) is 0 Å². The molecule has 5 heteroatoms. The van der Waals surface area contributed by atoms with Crippen LogP contribution in [0.4, 0.5) is 0 Å². The van der Waals surface area contributed by atoms with Crippen LogP contribution in [0.1, 0.15) is 18.1 Å². The molecule has 25 heavy (non-hydrogen) atoms. The van der Waals surface area contributed by atoms with Crippen LogP contribution in [0.2, 0.25) is 5.02 Å². The number of pyridine rings is 1. The van der Waals surface area contributed by atoms with Gasteiger partial charge in [0.1, 0.15) is 7.05 Å². The molecule has 0 bridgehead atoms. The summed E-state index contributed by atoms with van der Waals surface area (Å²) in [5, 5.41) is 14.7. The van der Waals surface area contributed by atoms with Gasteiger partial charge in [-0.25, -0.2) is 4.57 Å². The third kappa shape index (κ3) is 3.05. The molecule has 4 rings (SSSR count). The number of nitrogens with zero attached hydrogens (tertiary/aromatic N) is 1. The van der Waals surface area contributed by atoms with Crippen molar-refractivity contribution in [1.29, 1.82) is 0 Å². The van der Waals surface area contributed by atoms with Crippen LogP contribution in [-0.2, 0) is 11.8 Å². The summed E-state index contributed by atoms with van der Waals surface area (Å²) in [4.78, 5) is 12.4. The van der Waals surface area contributed by atoms with E-state index in [1.807, 2.05) is 6.07 Å². The first-order valence-electron chi connectivity index (χ1n) is 7.96. The van der Waals surface area contributed by atoms with Crippen LogP contribution in [0, 0.1) is 13.8 Å². The number of benzene rings is 2. The lowest BCUT2D eigenvalue weighted by molar-refractivity contribution is -0.670. The minimum atomic E-state index is -1.08. The average Bonchev–Trinajstić information content (AvgIpc) is 2.91. The van der Waals surface area contributed by atoms with Crippen LogP contribution < -0.4 is 9.67 Å². The van der Waals surface area contributed by atoms with Gasteiger partial charge >= 0.3 is 0 Å². The zero-order chi connectivity index (χ0) is 18.3. The fourth-order valence-corrected chi connectivity index (χ4v) is 3.50. The Morgan fingerprint density at radius 3 is 2.48 bits per heavy atom. The van der Waals surface area contributed by atoms with Crippen molar-refractivity contribution in [3.63, 3.8) is 0 Å². The van der Waals surface area contributed by atoms with Crippen molar-refractivity contribution in [3.8, 4) is 0 Å². The monoisotopic (exact) mass is 354 g/mol. The molecule has 2 aromatic carbocycles. The van der Waals surface area contributed by atoms with Crippen LogP contribution in [0.5, 0.6) is 0 Å². The van der Waals surface area contributed by atoms with Gasteiger partial charge in [0.15, 0.2) is 12.4 Å². The van der Waals surface area contributed by atoms with E-state index in [-0.39, 0.29) is 0 Å². The number of aryl methyl sites for hydroxylation is 3. The molecule has 1 N–H and O–H groups in total. The van der Waals surface area contributed by atoms with Gasteiger partial charge in [0.2, 0.25) is 0 Å². The maximum absolute atomic E-state index is 8.89. The van der Waals surface area contributed by atoms with Gasteiger partial charge in [0.05, 0.1) is 5.52 Å². The summed E-state index contributed by atoms with van der Waals surface area (Å²) in [6, 6.07) is 8.23. The summed E-state index contributed by atoms with van der Waals surface area (Å²) < 4.78 is 2.10. The lowest BCUT2D eigenvalue weighted by Gasteiger charge is -2.07. The molecule has 0 amide bonds. The van der Waals surface area contributed by atoms with E-state index in [1.54, 1.807) is 0 Å². The van der Waals surface area contributed by atoms with Crippen molar-refractivity contribution in [2.24, 2.45) is 7.05 Å². The Morgan fingerprint density at radius 2 is 1.80 bits per heavy atom. The number of halogens is 1. The highest BCUT2D eigenvalue weighted by Crippen LogP contribution is 2.36. The fourth-order valence-electron chi connectivity index (χ4n) is 3.33. The van der Waals surface area contributed by atoms with Crippen LogP contribution in [0.25, 0.3) is 32.6 Å². The zero-order valence-electron chi connectivity index (χ0n) is 14.6. The standard InChI is InChI=1S/C18H15ClN2.C2H4O2/c1-10-15-9-21(3)7-6-13(15)11(2)18-17(10)14-8-12(19)4-5-16(14)20-18;1-2(3)4/h4-9H,1-3H3;1H3,(H,3,4). The molecule has 0 saturated carbocycles. The highest BCUT2D eigenvalue weighted by Gasteiger charge is 2.15. The second-order valence-electron chi connectivity index (χ2n) is 6.24. The molecule has 4 aromatic rings. The molecule has 2 heterocycles. The molecular formula is C20H19ClN2O2. The third-order valence-electron chi connectivity index (χ3n) is 4.42. The van der Waals surface area contributed by atoms with Gasteiger partial charge < -0.3 is 14.9 Å². The van der Waals surface area contributed by atoms with Crippen LogP contribution in [-0.4, -0.2) is 11.0 Å². The highest BCUT2D eigenvalue weighted by molar-refractivity contribution is 6.32. The van der Waals surface area contributed by atoms with Crippen LogP contribution in [0.3, 0.4) is 0 Å². The van der Waals surface area contributed by atoms with Crippen molar-refractivity contribution < 1.29 is 14.5 Å². The molecule has 0 aliphatic rings. The van der Waals surface area contributed by atoms with E-state index in [4.69, 9.17) is 21.5 Å². The SMILES string of the molecule is CC(=O)[O-].Cc1c2cc[n+](C)cc2c(C)c2c1[nH]c1ccc(Cl)cc12. The molecule has 128 valence electrons. The Balaban J connectivity index is 0.000000415. The lowest BCUT2D eigenvalue weighted by Crippen LogP contribution is -2.26. The van der Waals surface area contributed by atoms with Gasteiger partial charge in [-0.1, -0.05) is 11.6 Å². The molecule has 0 fully saturated rings. The number of fused-ring (bicyclic) bond motifs is 4. The number of carboxylic acids is 1. The molecule has 0 spiro atoms. The summed E-state index contributed by atoms with van der Waals surface area (Å²) in [5.41, 5.74) is 4.94. The number of aliphatic carboxylic acids is 1. The van der Waals surface area contributed by atoms with Crippen molar-refractivity contribution >= 4 is 50.1 Å². The second-order valence-corrected chi connectivity index (χ2v) is 6.68. The van der Waals surface area contributed by atoms with E-state index in [1.165, 1.54) is 38.2 Å². The molecule has 0 radical (unpaired) electrons. The zero-order valence-corrected chi connectivity index (χ0v) is 15.4. The summed E-state index contributed by atoms with van der Waals surface area (Å²) >= 11 is 6.19. The third-order valence-corrected chi connectivity index (χ3v) is 4.65. The number of rotatable bonds is 0. The predicted molar refractivity (Wildman–Crippen MR) is 99.7 cm³/mol. The number of aromatic nitrogens is 2. The van der Waals surface area contributed by atoms with Crippen LogP contribution >= 0.6 is 11.6 Å². The maximum Gasteiger partial charge on any atom is 0.176 e. The van der Waals surface area contributed by atoms with Gasteiger partial charge in [-0.3, -0.25) is 0 Å². The largest absolute Gasteiger partial charge is 0.550 e. The van der Waals surface area contributed by atoms with Crippen LogP contribution in [0.15, 0.2) is 36.7 Å². The summed E-state index contributed by atoms with van der Waals surface area (Å²) in [6.45, 7) is 5.35. The Morgan fingerprint density at radius 1 is 1.12 bits per heavy atom. The van der Waals surface area contributed by atoms with E-state index < -0.39 is 5.97 Å². The first kappa shape index (κ1) is 17.2. The number of hydrogen-bond donors (Lipinski definition) is 1. The number of carbonyl (C=O) groups is 1. The summed E-state index contributed by atoms with van der Waals surface area (Å²) in [6.07, 6.45) is 4.29.